The van der Waals surface area contributed by atoms with Crippen molar-refractivity contribution in [3.05, 3.63) is 51.7 Å². The molecule has 0 aliphatic heterocycles. The predicted octanol–water partition coefficient (Wildman–Crippen LogP) is 4.68. The molecule has 0 spiro atoms. The van der Waals surface area contributed by atoms with Gasteiger partial charge in [-0.1, -0.05) is 17.7 Å². The van der Waals surface area contributed by atoms with E-state index in [1.807, 2.05) is 24.3 Å². The molecule has 0 fully saturated rings. The molecule has 0 aliphatic carbocycles. The Bertz CT molecular complexity index is 560. The second kappa shape index (κ2) is 6.26. The van der Waals surface area contributed by atoms with Crippen LogP contribution in [0, 0.1) is 0 Å². The van der Waals surface area contributed by atoms with Crippen molar-refractivity contribution in [1.82, 2.24) is 4.98 Å². The summed E-state index contributed by atoms with van der Waals surface area (Å²) in [5.41, 5.74) is 2.09. The molecular formula is C14H14BrClN2O. The third-order valence-electron chi connectivity index (χ3n) is 2.79. The lowest BCUT2D eigenvalue weighted by Gasteiger charge is -2.16. The summed E-state index contributed by atoms with van der Waals surface area (Å²) in [4.78, 5) is 4.04. The van der Waals surface area contributed by atoms with Crippen molar-refractivity contribution in [2.45, 2.75) is 13.0 Å². The maximum atomic E-state index is 5.76. The average molecular weight is 342 g/mol. The molecule has 1 heterocycles. The fourth-order valence-corrected chi connectivity index (χ4v) is 2.42. The quantitative estimate of drug-likeness (QED) is 0.820. The van der Waals surface area contributed by atoms with Crippen molar-refractivity contribution in [3.63, 3.8) is 0 Å². The number of pyridine rings is 1. The van der Waals surface area contributed by atoms with E-state index in [1.54, 1.807) is 19.4 Å². The summed E-state index contributed by atoms with van der Waals surface area (Å²) in [7, 11) is 1.65. The Morgan fingerprint density at radius 1 is 1.32 bits per heavy atom. The molecule has 0 saturated heterocycles. The Balaban J connectivity index is 2.13. The highest BCUT2D eigenvalue weighted by atomic mass is 79.9. The number of anilines is 1. The molecule has 0 amide bonds. The Labute approximate surface area is 126 Å². The number of hydrogen-bond acceptors (Lipinski definition) is 3. The molecule has 100 valence electrons. The number of nitrogens with one attached hydrogen (secondary N) is 1. The van der Waals surface area contributed by atoms with Gasteiger partial charge in [0.1, 0.15) is 10.9 Å². The van der Waals surface area contributed by atoms with Crippen LogP contribution in [0.5, 0.6) is 5.75 Å². The first kappa shape index (κ1) is 14.2. The largest absolute Gasteiger partial charge is 0.496 e. The maximum Gasteiger partial charge on any atom is 0.133 e. The van der Waals surface area contributed by atoms with Crippen molar-refractivity contribution in [1.29, 1.82) is 0 Å². The summed E-state index contributed by atoms with van der Waals surface area (Å²) >= 11 is 9.25. The molecule has 2 rings (SSSR count). The molecule has 1 aromatic heterocycles. The number of ether oxygens (including phenoxy) is 1. The Hall–Kier alpha value is -1.26. The molecule has 1 unspecified atom stereocenters. The summed E-state index contributed by atoms with van der Waals surface area (Å²) in [6, 6.07) is 9.85. The predicted molar refractivity (Wildman–Crippen MR) is 82.0 cm³/mol. The molecule has 0 radical (unpaired) electrons. The molecule has 2 aromatic rings. The molecule has 1 aromatic carbocycles. The van der Waals surface area contributed by atoms with E-state index in [0.29, 0.717) is 5.15 Å². The molecule has 1 atom stereocenters. The lowest BCUT2D eigenvalue weighted by Crippen LogP contribution is -2.06. The minimum Gasteiger partial charge on any atom is -0.496 e. The van der Waals surface area contributed by atoms with E-state index in [1.165, 1.54) is 0 Å². The summed E-state index contributed by atoms with van der Waals surface area (Å²) in [5.74, 6) is 0.823. The second-order valence-corrected chi connectivity index (χ2v) is 5.37. The van der Waals surface area contributed by atoms with Crippen LogP contribution in [0.15, 0.2) is 41.0 Å². The van der Waals surface area contributed by atoms with Crippen molar-refractivity contribution in [2.75, 3.05) is 12.4 Å². The van der Waals surface area contributed by atoms with E-state index in [0.717, 1.165) is 21.5 Å². The summed E-state index contributed by atoms with van der Waals surface area (Å²) < 4.78 is 6.16. The monoisotopic (exact) mass is 340 g/mol. The van der Waals surface area contributed by atoms with Crippen molar-refractivity contribution < 1.29 is 4.74 Å². The van der Waals surface area contributed by atoms with Crippen molar-refractivity contribution in [3.8, 4) is 5.75 Å². The first-order valence-corrected chi connectivity index (χ1v) is 6.99. The fraction of sp³-hybridized carbons (Fsp3) is 0.214. The van der Waals surface area contributed by atoms with Gasteiger partial charge in [-0.25, -0.2) is 4.98 Å². The first-order valence-electron chi connectivity index (χ1n) is 5.81. The molecule has 19 heavy (non-hydrogen) atoms. The van der Waals surface area contributed by atoms with Gasteiger partial charge in [-0.3, -0.25) is 0 Å². The molecule has 0 aliphatic rings. The summed E-state index contributed by atoms with van der Waals surface area (Å²) in [5, 5.41) is 3.86. The second-order valence-electron chi connectivity index (χ2n) is 4.13. The highest BCUT2D eigenvalue weighted by molar-refractivity contribution is 9.10. The lowest BCUT2D eigenvalue weighted by atomic mass is 10.1. The smallest absolute Gasteiger partial charge is 0.133 e. The van der Waals surface area contributed by atoms with E-state index < -0.39 is 0 Å². The van der Waals surface area contributed by atoms with Crippen LogP contribution in [0.25, 0.3) is 0 Å². The molecule has 0 bridgehead atoms. The zero-order valence-electron chi connectivity index (χ0n) is 10.7. The first-order chi connectivity index (χ1) is 9.10. The number of rotatable bonds is 4. The number of halogens is 2. The number of methoxy groups -OCH3 is 1. The zero-order chi connectivity index (χ0) is 13.8. The number of aromatic nitrogens is 1. The van der Waals surface area contributed by atoms with E-state index in [9.17, 15) is 0 Å². The van der Waals surface area contributed by atoms with Crippen LogP contribution in [-0.4, -0.2) is 12.1 Å². The average Bonchev–Trinajstić information content (AvgIpc) is 2.41. The normalized spacial score (nSPS) is 12.0. The van der Waals surface area contributed by atoms with Crippen LogP contribution in [0.1, 0.15) is 18.5 Å². The van der Waals surface area contributed by atoms with Gasteiger partial charge in [0.05, 0.1) is 23.5 Å². The van der Waals surface area contributed by atoms with Gasteiger partial charge in [0.2, 0.25) is 0 Å². The zero-order valence-corrected chi connectivity index (χ0v) is 13.0. The van der Waals surface area contributed by atoms with Gasteiger partial charge in [0.15, 0.2) is 0 Å². The van der Waals surface area contributed by atoms with Gasteiger partial charge in [-0.2, -0.15) is 0 Å². The van der Waals surface area contributed by atoms with E-state index in [2.05, 4.69) is 33.2 Å². The molecule has 3 nitrogen and oxygen atoms in total. The maximum absolute atomic E-state index is 5.76. The molecule has 1 N–H and O–H groups in total. The molecule has 5 heteroatoms. The third kappa shape index (κ3) is 3.61. The fourth-order valence-electron chi connectivity index (χ4n) is 1.75. The van der Waals surface area contributed by atoms with Crippen LogP contribution in [0.3, 0.4) is 0 Å². The van der Waals surface area contributed by atoms with Gasteiger partial charge >= 0.3 is 0 Å². The number of benzene rings is 1. The lowest BCUT2D eigenvalue weighted by molar-refractivity contribution is 0.412. The SMILES string of the molecule is COc1ccc(C(C)Nc2ccc(Cl)nc2)cc1Br. The van der Waals surface area contributed by atoms with Crippen LogP contribution < -0.4 is 10.1 Å². The number of hydrogen-bond donors (Lipinski definition) is 1. The van der Waals surface area contributed by atoms with Crippen LogP contribution in [0.2, 0.25) is 5.15 Å². The highest BCUT2D eigenvalue weighted by Gasteiger charge is 2.08. The standard InChI is InChI=1S/C14H14BrClN2O/c1-9(18-11-4-6-14(16)17-8-11)10-3-5-13(19-2)12(15)7-10/h3-9,18H,1-2H3. The van der Waals surface area contributed by atoms with Gasteiger partial charge in [-0.15, -0.1) is 0 Å². The highest BCUT2D eigenvalue weighted by Crippen LogP contribution is 2.29. The Kier molecular flexibility index (Phi) is 4.66. The summed E-state index contributed by atoms with van der Waals surface area (Å²) in [6.45, 7) is 2.09. The van der Waals surface area contributed by atoms with E-state index in [-0.39, 0.29) is 6.04 Å². The van der Waals surface area contributed by atoms with Crippen molar-refractivity contribution in [2.24, 2.45) is 0 Å². The minimum atomic E-state index is 0.158. The van der Waals surface area contributed by atoms with Gasteiger partial charge in [0, 0.05) is 6.04 Å². The van der Waals surface area contributed by atoms with Crippen LogP contribution in [-0.2, 0) is 0 Å². The topological polar surface area (TPSA) is 34.1 Å². The van der Waals surface area contributed by atoms with Crippen LogP contribution >= 0.6 is 27.5 Å². The van der Waals surface area contributed by atoms with Gasteiger partial charge in [-0.05, 0) is 52.7 Å². The Morgan fingerprint density at radius 2 is 2.11 bits per heavy atom. The molecule has 0 saturated carbocycles. The number of nitrogens with zero attached hydrogens (tertiary/aromatic N) is 1. The van der Waals surface area contributed by atoms with Crippen LogP contribution in [0.4, 0.5) is 5.69 Å². The van der Waals surface area contributed by atoms with E-state index >= 15 is 0 Å². The van der Waals surface area contributed by atoms with Gasteiger partial charge in [0.25, 0.3) is 0 Å². The Morgan fingerprint density at radius 3 is 2.68 bits per heavy atom. The minimum absolute atomic E-state index is 0.158. The van der Waals surface area contributed by atoms with Gasteiger partial charge < -0.3 is 10.1 Å². The molecular weight excluding hydrogens is 328 g/mol. The third-order valence-corrected chi connectivity index (χ3v) is 3.63. The van der Waals surface area contributed by atoms with Crippen molar-refractivity contribution >= 4 is 33.2 Å². The summed E-state index contributed by atoms with van der Waals surface area (Å²) in [6.07, 6.45) is 1.72. The van der Waals surface area contributed by atoms with E-state index in [4.69, 9.17) is 16.3 Å².